The van der Waals surface area contributed by atoms with Crippen LogP contribution >= 0.6 is 0 Å². The summed E-state index contributed by atoms with van der Waals surface area (Å²) in [6.07, 6.45) is 3.07. The molecule has 25 heavy (non-hydrogen) atoms. The van der Waals surface area contributed by atoms with Crippen molar-refractivity contribution < 1.29 is 9.32 Å². The van der Waals surface area contributed by atoms with E-state index in [-0.39, 0.29) is 11.6 Å². The Morgan fingerprint density at radius 3 is 2.60 bits per heavy atom. The predicted molar refractivity (Wildman–Crippen MR) is 94.4 cm³/mol. The number of amides is 1. The zero-order chi connectivity index (χ0) is 17.6. The van der Waals surface area contributed by atoms with Crippen LogP contribution in [0, 0.1) is 6.92 Å². The average molecular weight is 337 g/mol. The van der Waals surface area contributed by atoms with Crippen molar-refractivity contribution in [2.45, 2.75) is 20.4 Å². The molecule has 0 spiro atoms. The molecule has 2 heterocycles. The van der Waals surface area contributed by atoms with Gasteiger partial charge in [-0.2, -0.15) is 0 Å². The standard InChI is InChI=1S/C18H19N5O2/c1-3-23(12-14-7-5-4-6-8-14)17-11-19-15(10-20-17)18(24)21-16-9-13(2)25-22-16/h4-11H,3,12H2,1-2H3,(H,21,22,24). The molecule has 2 aromatic heterocycles. The van der Waals surface area contributed by atoms with E-state index in [1.54, 1.807) is 19.2 Å². The van der Waals surface area contributed by atoms with Crippen LogP contribution in [0.2, 0.25) is 0 Å². The minimum atomic E-state index is -0.376. The highest BCUT2D eigenvalue weighted by Gasteiger charge is 2.13. The molecule has 3 aromatic rings. The lowest BCUT2D eigenvalue weighted by Gasteiger charge is -2.21. The first-order valence-electron chi connectivity index (χ1n) is 8.01. The van der Waals surface area contributed by atoms with Crippen LogP contribution in [0.5, 0.6) is 0 Å². The quantitative estimate of drug-likeness (QED) is 0.744. The van der Waals surface area contributed by atoms with Crippen molar-refractivity contribution in [1.29, 1.82) is 0 Å². The zero-order valence-corrected chi connectivity index (χ0v) is 14.1. The molecule has 0 unspecified atom stereocenters. The van der Waals surface area contributed by atoms with Gasteiger partial charge in [0.2, 0.25) is 0 Å². The first-order valence-corrected chi connectivity index (χ1v) is 8.01. The lowest BCUT2D eigenvalue weighted by atomic mass is 10.2. The molecule has 3 rings (SSSR count). The predicted octanol–water partition coefficient (Wildman–Crippen LogP) is 3.05. The fraction of sp³-hybridized carbons (Fsp3) is 0.222. The fourth-order valence-electron chi connectivity index (χ4n) is 2.37. The second-order valence-electron chi connectivity index (χ2n) is 5.54. The Hall–Kier alpha value is -3.22. The van der Waals surface area contributed by atoms with Crippen LogP contribution in [0.3, 0.4) is 0 Å². The van der Waals surface area contributed by atoms with E-state index in [0.29, 0.717) is 11.6 Å². The van der Waals surface area contributed by atoms with E-state index in [2.05, 4.69) is 44.4 Å². The van der Waals surface area contributed by atoms with Crippen LogP contribution in [0.15, 0.2) is 53.3 Å². The van der Waals surface area contributed by atoms with E-state index < -0.39 is 0 Å². The van der Waals surface area contributed by atoms with Crippen LogP contribution in [0.25, 0.3) is 0 Å². The highest BCUT2D eigenvalue weighted by molar-refractivity contribution is 6.02. The molecule has 0 radical (unpaired) electrons. The molecule has 128 valence electrons. The van der Waals surface area contributed by atoms with Gasteiger partial charge in [0, 0.05) is 19.2 Å². The molecule has 7 nitrogen and oxygen atoms in total. The summed E-state index contributed by atoms with van der Waals surface area (Å²) in [5.74, 6) is 1.32. The Morgan fingerprint density at radius 2 is 2.00 bits per heavy atom. The molecule has 7 heteroatoms. The van der Waals surface area contributed by atoms with Gasteiger partial charge in [-0.15, -0.1) is 0 Å². The third-order valence-electron chi connectivity index (χ3n) is 3.66. The topological polar surface area (TPSA) is 84.2 Å². The van der Waals surface area contributed by atoms with Crippen molar-refractivity contribution in [3.05, 3.63) is 65.8 Å². The van der Waals surface area contributed by atoms with E-state index in [1.807, 2.05) is 18.2 Å². The molecular formula is C18H19N5O2. The Bertz CT molecular complexity index is 830. The molecule has 0 atom stereocenters. The normalized spacial score (nSPS) is 10.5. The number of nitrogens with one attached hydrogen (secondary N) is 1. The molecule has 1 aromatic carbocycles. The monoisotopic (exact) mass is 337 g/mol. The maximum absolute atomic E-state index is 12.2. The van der Waals surface area contributed by atoms with E-state index in [9.17, 15) is 4.79 Å². The molecule has 0 saturated heterocycles. The van der Waals surface area contributed by atoms with Gasteiger partial charge >= 0.3 is 0 Å². The SMILES string of the molecule is CCN(Cc1ccccc1)c1cnc(C(=O)Nc2cc(C)on2)cn1. The van der Waals surface area contributed by atoms with E-state index in [0.717, 1.165) is 18.9 Å². The Kier molecular flexibility index (Phi) is 5.03. The van der Waals surface area contributed by atoms with Gasteiger partial charge in [0.25, 0.3) is 5.91 Å². The lowest BCUT2D eigenvalue weighted by Crippen LogP contribution is -2.24. The van der Waals surface area contributed by atoms with Crippen molar-refractivity contribution in [2.75, 3.05) is 16.8 Å². The highest BCUT2D eigenvalue weighted by atomic mass is 16.5. The molecular weight excluding hydrogens is 318 g/mol. The molecule has 0 bridgehead atoms. The fourth-order valence-corrected chi connectivity index (χ4v) is 2.37. The molecule has 0 saturated carbocycles. The van der Waals surface area contributed by atoms with E-state index in [4.69, 9.17) is 4.52 Å². The van der Waals surface area contributed by atoms with Gasteiger partial charge in [0.15, 0.2) is 5.82 Å². The summed E-state index contributed by atoms with van der Waals surface area (Å²) in [7, 11) is 0. The number of hydrogen-bond donors (Lipinski definition) is 1. The Balaban J connectivity index is 1.68. The third kappa shape index (κ3) is 4.20. The van der Waals surface area contributed by atoms with Gasteiger partial charge in [0.1, 0.15) is 17.3 Å². The van der Waals surface area contributed by atoms with Crippen molar-refractivity contribution in [3.63, 3.8) is 0 Å². The average Bonchev–Trinajstić information content (AvgIpc) is 3.05. The summed E-state index contributed by atoms with van der Waals surface area (Å²) in [6.45, 7) is 5.32. The maximum atomic E-state index is 12.2. The number of nitrogens with zero attached hydrogens (tertiary/aromatic N) is 4. The number of rotatable bonds is 6. The zero-order valence-electron chi connectivity index (χ0n) is 14.1. The van der Waals surface area contributed by atoms with Crippen molar-refractivity contribution >= 4 is 17.5 Å². The van der Waals surface area contributed by atoms with Crippen LogP contribution in [-0.2, 0) is 6.54 Å². The number of hydrogen-bond acceptors (Lipinski definition) is 6. The molecule has 1 amide bonds. The van der Waals surface area contributed by atoms with Crippen molar-refractivity contribution in [3.8, 4) is 0 Å². The number of aromatic nitrogens is 3. The summed E-state index contributed by atoms with van der Waals surface area (Å²) >= 11 is 0. The molecule has 0 aliphatic rings. The number of carbonyl (C=O) groups is 1. The summed E-state index contributed by atoms with van der Waals surface area (Å²) in [5, 5.41) is 6.35. The van der Waals surface area contributed by atoms with Gasteiger partial charge in [-0.05, 0) is 19.4 Å². The van der Waals surface area contributed by atoms with Crippen molar-refractivity contribution in [1.82, 2.24) is 15.1 Å². The van der Waals surface area contributed by atoms with Gasteiger partial charge in [-0.3, -0.25) is 4.79 Å². The minimum Gasteiger partial charge on any atom is -0.360 e. The second-order valence-corrected chi connectivity index (χ2v) is 5.54. The summed E-state index contributed by atoms with van der Waals surface area (Å²) in [6, 6.07) is 11.8. The van der Waals surface area contributed by atoms with E-state index in [1.165, 1.54) is 11.8 Å². The first kappa shape index (κ1) is 16.6. The Morgan fingerprint density at radius 1 is 1.20 bits per heavy atom. The molecule has 0 aliphatic carbocycles. The lowest BCUT2D eigenvalue weighted by molar-refractivity contribution is 0.102. The molecule has 1 N–H and O–H groups in total. The first-order chi connectivity index (χ1) is 12.2. The molecule has 0 fully saturated rings. The summed E-state index contributed by atoms with van der Waals surface area (Å²) in [4.78, 5) is 22.8. The van der Waals surface area contributed by atoms with Crippen LogP contribution in [0.4, 0.5) is 11.6 Å². The number of aryl methyl sites for hydroxylation is 1. The highest BCUT2D eigenvalue weighted by Crippen LogP contribution is 2.14. The largest absolute Gasteiger partial charge is 0.360 e. The van der Waals surface area contributed by atoms with Gasteiger partial charge in [0.05, 0.1) is 12.4 Å². The van der Waals surface area contributed by atoms with E-state index >= 15 is 0 Å². The van der Waals surface area contributed by atoms with Gasteiger partial charge in [-0.1, -0.05) is 35.5 Å². The number of benzene rings is 1. The van der Waals surface area contributed by atoms with Crippen LogP contribution in [-0.4, -0.2) is 27.6 Å². The number of anilines is 2. The smallest absolute Gasteiger partial charge is 0.277 e. The van der Waals surface area contributed by atoms with Gasteiger partial charge in [-0.25, -0.2) is 9.97 Å². The molecule has 0 aliphatic heterocycles. The second kappa shape index (κ2) is 7.57. The summed E-state index contributed by atoms with van der Waals surface area (Å²) < 4.78 is 4.92. The maximum Gasteiger partial charge on any atom is 0.277 e. The van der Waals surface area contributed by atoms with Crippen LogP contribution in [0.1, 0.15) is 28.7 Å². The minimum absolute atomic E-state index is 0.222. The number of carbonyl (C=O) groups excluding carboxylic acids is 1. The third-order valence-corrected chi connectivity index (χ3v) is 3.66. The Labute approximate surface area is 145 Å². The van der Waals surface area contributed by atoms with Crippen molar-refractivity contribution in [2.24, 2.45) is 0 Å². The van der Waals surface area contributed by atoms with Crippen LogP contribution < -0.4 is 10.2 Å². The summed E-state index contributed by atoms with van der Waals surface area (Å²) in [5.41, 5.74) is 1.41. The van der Waals surface area contributed by atoms with Gasteiger partial charge < -0.3 is 14.7 Å².